The van der Waals surface area contributed by atoms with Gasteiger partial charge in [-0.25, -0.2) is 9.78 Å². The lowest BCUT2D eigenvalue weighted by atomic mass is 10.0. The van der Waals surface area contributed by atoms with Gasteiger partial charge < -0.3 is 42.6 Å². The van der Waals surface area contributed by atoms with Gasteiger partial charge in [0.15, 0.2) is 0 Å². The second kappa shape index (κ2) is 17.3. The first-order valence-electron chi connectivity index (χ1n) is 11.9. The number of thioether (sulfide) groups is 1. The number of nitrogens with one attached hydrogen (secondary N) is 4. The Balaban J connectivity index is 2.96. The van der Waals surface area contributed by atoms with E-state index in [0.717, 1.165) is 0 Å². The Hall–Kier alpha value is -3.17. The molecule has 37 heavy (non-hydrogen) atoms. The van der Waals surface area contributed by atoms with Gasteiger partial charge in [-0.3, -0.25) is 19.2 Å². The van der Waals surface area contributed by atoms with Gasteiger partial charge in [-0.1, -0.05) is 0 Å². The third-order valence-corrected chi connectivity index (χ3v) is 6.06. The van der Waals surface area contributed by atoms with E-state index in [1.54, 1.807) is 6.26 Å². The molecule has 4 atom stereocenters. The molecule has 10 N–H and O–H groups in total. The number of aromatic amines is 1. The predicted molar refractivity (Wildman–Crippen MR) is 136 cm³/mol. The van der Waals surface area contributed by atoms with Crippen molar-refractivity contribution in [2.45, 2.75) is 69.1 Å². The molecule has 1 heterocycles. The van der Waals surface area contributed by atoms with Crippen LogP contribution in [0.4, 0.5) is 0 Å². The fraction of sp³-hybridized carbons (Fsp3) is 0.636. The first kappa shape index (κ1) is 31.9. The zero-order valence-corrected chi connectivity index (χ0v) is 21.6. The van der Waals surface area contributed by atoms with E-state index in [1.165, 1.54) is 24.3 Å². The van der Waals surface area contributed by atoms with Crippen LogP contribution in [0.2, 0.25) is 0 Å². The fourth-order valence-electron chi connectivity index (χ4n) is 3.34. The number of H-pyrrole nitrogens is 1. The van der Waals surface area contributed by atoms with Crippen LogP contribution < -0.4 is 27.4 Å². The summed E-state index contributed by atoms with van der Waals surface area (Å²) in [5.74, 6) is -4.12. The van der Waals surface area contributed by atoms with E-state index in [2.05, 4.69) is 25.9 Å². The molecule has 0 fully saturated rings. The molecular weight excluding hydrogens is 506 g/mol. The van der Waals surface area contributed by atoms with Crippen molar-refractivity contribution >= 4 is 41.4 Å². The summed E-state index contributed by atoms with van der Waals surface area (Å²) in [6, 6.07) is -4.58. The first-order chi connectivity index (χ1) is 17.6. The zero-order chi connectivity index (χ0) is 27.8. The van der Waals surface area contributed by atoms with Gasteiger partial charge in [0, 0.05) is 24.7 Å². The minimum Gasteiger partial charge on any atom is -0.481 e. The number of unbranched alkanes of at least 4 members (excludes halogenated alkanes) is 1. The van der Waals surface area contributed by atoms with Crippen molar-refractivity contribution in [3.05, 3.63) is 18.2 Å². The molecule has 0 radical (unpaired) electrons. The molecule has 208 valence electrons. The molecule has 0 saturated heterocycles. The number of amides is 3. The monoisotopic (exact) mass is 543 g/mol. The molecule has 0 aromatic carbocycles. The van der Waals surface area contributed by atoms with Gasteiger partial charge in [0.1, 0.15) is 18.1 Å². The maximum atomic E-state index is 13.1. The van der Waals surface area contributed by atoms with Crippen LogP contribution in [0.15, 0.2) is 12.5 Å². The van der Waals surface area contributed by atoms with Crippen molar-refractivity contribution in [2.75, 3.05) is 18.6 Å². The van der Waals surface area contributed by atoms with Crippen LogP contribution in [-0.4, -0.2) is 92.6 Å². The highest BCUT2D eigenvalue weighted by Gasteiger charge is 2.30. The number of aromatic nitrogens is 2. The highest BCUT2D eigenvalue weighted by Crippen LogP contribution is 2.07. The molecule has 4 unspecified atom stereocenters. The van der Waals surface area contributed by atoms with E-state index in [1.807, 2.05) is 0 Å². The largest absolute Gasteiger partial charge is 0.481 e. The van der Waals surface area contributed by atoms with Gasteiger partial charge in [0.25, 0.3) is 0 Å². The van der Waals surface area contributed by atoms with Crippen LogP contribution in [-0.2, 0) is 30.4 Å². The number of nitrogens with two attached hydrogens (primary N) is 2. The molecule has 14 nitrogen and oxygen atoms in total. The van der Waals surface area contributed by atoms with E-state index in [9.17, 15) is 29.1 Å². The highest BCUT2D eigenvalue weighted by molar-refractivity contribution is 7.98. The predicted octanol–water partition coefficient (Wildman–Crippen LogP) is -1.43. The quantitative estimate of drug-likeness (QED) is 0.0939. The van der Waals surface area contributed by atoms with E-state index in [-0.39, 0.29) is 25.7 Å². The topological polar surface area (TPSA) is 243 Å². The number of imidazole rings is 1. The average molecular weight is 544 g/mol. The molecule has 1 aromatic rings. The molecular formula is C22H37N7O7S. The molecule has 0 aliphatic rings. The lowest BCUT2D eigenvalue weighted by molar-refractivity contribution is -0.143. The van der Waals surface area contributed by atoms with E-state index < -0.39 is 60.2 Å². The summed E-state index contributed by atoms with van der Waals surface area (Å²) >= 11 is 1.40. The Labute approximate surface area is 219 Å². The summed E-state index contributed by atoms with van der Waals surface area (Å²) in [6.45, 7) is 0.373. The van der Waals surface area contributed by atoms with Gasteiger partial charge in [0.2, 0.25) is 17.7 Å². The Morgan fingerprint density at radius 2 is 1.59 bits per heavy atom. The molecule has 0 bridgehead atoms. The minimum absolute atomic E-state index is 0.147. The number of carbonyl (C=O) groups excluding carboxylic acids is 3. The average Bonchev–Trinajstić information content (AvgIpc) is 3.36. The number of hydrogen-bond acceptors (Lipinski definition) is 9. The Bertz CT molecular complexity index is 885. The van der Waals surface area contributed by atoms with Crippen LogP contribution in [0.25, 0.3) is 0 Å². The molecule has 0 spiro atoms. The smallest absolute Gasteiger partial charge is 0.326 e. The van der Waals surface area contributed by atoms with Crippen LogP contribution in [0, 0.1) is 0 Å². The Morgan fingerprint density at radius 1 is 0.973 bits per heavy atom. The standard InChI is InChI=1S/C22H37N7O7S/c1-37-9-7-17(22(35)36)29-21(34)16(5-6-18(30)31)28-20(33)15(4-2-3-8-23)27-19(32)14(24)10-13-11-25-12-26-13/h11-12,14-17H,2-10,23-24H2,1H3,(H,25,26)(H,27,32)(H,28,33)(H,29,34)(H,30,31)(H,35,36). The van der Waals surface area contributed by atoms with Crippen molar-refractivity contribution in [1.82, 2.24) is 25.9 Å². The van der Waals surface area contributed by atoms with Gasteiger partial charge in [-0.15, -0.1) is 0 Å². The van der Waals surface area contributed by atoms with Crippen LogP contribution in [0.3, 0.4) is 0 Å². The van der Waals surface area contributed by atoms with Crippen LogP contribution in [0.1, 0.15) is 44.2 Å². The Morgan fingerprint density at radius 3 is 2.14 bits per heavy atom. The van der Waals surface area contributed by atoms with E-state index in [0.29, 0.717) is 30.8 Å². The maximum absolute atomic E-state index is 13.1. The van der Waals surface area contributed by atoms with Crippen LogP contribution in [0.5, 0.6) is 0 Å². The zero-order valence-electron chi connectivity index (χ0n) is 20.8. The molecule has 1 rings (SSSR count). The Kier molecular flexibility index (Phi) is 14.9. The number of nitrogens with zero attached hydrogens (tertiary/aromatic N) is 1. The van der Waals surface area contributed by atoms with Crippen molar-refractivity contribution in [2.24, 2.45) is 11.5 Å². The molecule has 0 aliphatic carbocycles. The van der Waals surface area contributed by atoms with Gasteiger partial charge in [0.05, 0.1) is 12.4 Å². The maximum Gasteiger partial charge on any atom is 0.326 e. The lowest BCUT2D eigenvalue weighted by Gasteiger charge is -2.25. The van der Waals surface area contributed by atoms with Gasteiger partial charge >= 0.3 is 11.9 Å². The lowest BCUT2D eigenvalue weighted by Crippen LogP contribution is -2.57. The summed E-state index contributed by atoms with van der Waals surface area (Å²) in [4.78, 5) is 68.0. The van der Waals surface area contributed by atoms with Gasteiger partial charge in [-0.05, 0) is 50.7 Å². The number of carbonyl (C=O) groups is 5. The molecule has 1 aromatic heterocycles. The number of aliphatic carboxylic acids is 2. The van der Waals surface area contributed by atoms with Crippen molar-refractivity contribution in [1.29, 1.82) is 0 Å². The van der Waals surface area contributed by atoms with Crippen molar-refractivity contribution in [3.8, 4) is 0 Å². The number of carboxylic acids is 2. The highest BCUT2D eigenvalue weighted by atomic mass is 32.2. The summed E-state index contributed by atoms with van der Waals surface area (Å²) in [5.41, 5.74) is 12.1. The summed E-state index contributed by atoms with van der Waals surface area (Å²) in [5, 5.41) is 25.9. The third-order valence-electron chi connectivity index (χ3n) is 5.42. The van der Waals surface area contributed by atoms with E-state index in [4.69, 9.17) is 16.6 Å². The SMILES string of the molecule is CSCCC(NC(=O)C(CCC(=O)O)NC(=O)C(CCCCN)NC(=O)C(N)Cc1cnc[nH]1)C(=O)O. The van der Waals surface area contributed by atoms with Crippen molar-refractivity contribution in [3.63, 3.8) is 0 Å². The molecule has 0 aliphatic heterocycles. The van der Waals surface area contributed by atoms with Crippen LogP contribution >= 0.6 is 11.8 Å². The molecule has 3 amide bonds. The minimum atomic E-state index is -1.33. The third kappa shape index (κ3) is 12.6. The second-order valence-corrected chi connectivity index (χ2v) is 9.39. The normalized spacial score (nSPS) is 14.1. The summed E-state index contributed by atoms with van der Waals surface area (Å²) < 4.78 is 0. The summed E-state index contributed by atoms with van der Waals surface area (Å²) in [6.07, 6.45) is 5.61. The fourth-order valence-corrected chi connectivity index (χ4v) is 3.81. The van der Waals surface area contributed by atoms with E-state index >= 15 is 0 Å². The number of rotatable bonds is 19. The van der Waals surface area contributed by atoms with Gasteiger partial charge in [-0.2, -0.15) is 11.8 Å². The summed E-state index contributed by atoms with van der Waals surface area (Å²) in [7, 11) is 0. The first-order valence-corrected chi connectivity index (χ1v) is 13.3. The number of hydrogen-bond donors (Lipinski definition) is 8. The molecule has 0 saturated carbocycles. The van der Waals surface area contributed by atoms with Crippen molar-refractivity contribution < 1.29 is 34.2 Å². The number of carboxylic acid groups (broad SMARTS) is 2. The molecule has 15 heteroatoms. The second-order valence-electron chi connectivity index (χ2n) is 8.41.